The van der Waals surface area contributed by atoms with Gasteiger partial charge in [-0.2, -0.15) is 0 Å². The fraction of sp³-hybridized carbons (Fsp3) is 0.360. The molecule has 7 nitrogen and oxygen atoms in total. The van der Waals surface area contributed by atoms with Crippen LogP contribution in [-0.2, 0) is 16.1 Å². The first-order valence-corrected chi connectivity index (χ1v) is 11.9. The third-order valence-electron chi connectivity index (χ3n) is 6.01. The number of nitrogens with one attached hydrogen (secondary N) is 2. The Bertz CT molecular complexity index is 1060. The number of rotatable bonds is 8. The minimum absolute atomic E-state index is 0.141. The zero-order chi connectivity index (χ0) is 24.8. The van der Waals surface area contributed by atoms with E-state index in [9.17, 15) is 19.8 Å². The Morgan fingerprint density at radius 2 is 1.88 bits per heavy atom. The highest BCUT2D eigenvalue weighted by molar-refractivity contribution is 7.90. The number of aliphatic hydroxyl groups is 2. The molecule has 1 aliphatic rings. The summed E-state index contributed by atoms with van der Waals surface area (Å²) in [7, 11) is 1.82. The maximum Gasteiger partial charge on any atom is 0.255 e. The van der Waals surface area contributed by atoms with Gasteiger partial charge in [0.15, 0.2) is 12.2 Å². The predicted octanol–water partition coefficient (Wildman–Crippen LogP) is 2.88. The Balaban J connectivity index is 1.59. The van der Waals surface area contributed by atoms with Gasteiger partial charge >= 0.3 is 0 Å². The summed E-state index contributed by atoms with van der Waals surface area (Å²) in [6, 6.07) is 14.4. The van der Waals surface area contributed by atoms with Crippen molar-refractivity contribution in [3.63, 3.8) is 0 Å². The van der Waals surface area contributed by atoms with Gasteiger partial charge in [0.05, 0.1) is 6.04 Å². The minimum atomic E-state index is -1.88. The van der Waals surface area contributed by atoms with Crippen molar-refractivity contribution in [2.75, 3.05) is 13.6 Å². The molecule has 1 saturated heterocycles. The Morgan fingerprint density at radius 1 is 1.18 bits per heavy atom. The number of nitrogens with zero attached hydrogens (tertiary/aromatic N) is 1. The largest absolute Gasteiger partial charge is 0.391 e. The summed E-state index contributed by atoms with van der Waals surface area (Å²) in [4.78, 5) is 27.7. The van der Waals surface area contributed by atoms with Crippen LogP contribution in [0.25, 0.3) is 4.91 Å². The van der Waals surface area contributed by atoms with Gasteiger partial charge in [0, 0.05) is 35.8 Å². The van der Waals surface area contributed by atoms with Crippen molar-refractivity contribution in [2.45, 2.75) is 44.6 Å². The second-order valence-electron chi connectivity index (χ2n) is 8.27. The van der Waals surface area contributed by atoms with E-state index in [1.165, 1.54) is 4.90 Å². The molecule has 1 aliphatic heterocycles. The Morgan fingerprint density at radius 3 is 2.53 bits per heavy atom. The van der Waals surface area contributed by atoms with Gasteiger partial charge in [0.2, 0.25) is 0 Å². The highest BCUT2D eigenvalue weighted by Crippen LogP contribution is 2.33. The molecule has 3 rings (SSSR count). The number of aliphatic hydroxyl groups excluding tert-OH is 2. The lowest BCUT2D eigenvalue weighted by Crippen LogP contribution is -2.50. The summed E-state index contributed by atoms with van der Waals surface area (Å²) in [6.07, 6.45) is -2.26. The van der Waals surface area contributed by atoms with Crippen molar-refractivity contribution in [1.82, 2.24) is 15.5 Å². The number of carbonyl (C=O) groups excluding carboxylic acids is 2. The van der Waals surface area contributed by atoms with Crippen LogP contribution in [0.4, 0.5) is 0 Å². The highest BCUT2D eigenvalue weighted by atomic mass is 35.5. The Labute approximate surface area is 210 Å². The van der Waals surface area contributed by atoms with Crippen LogP contribution in [-0.4, -0.2) is 52.7 Å². The van der Waals surface area contributed by atoms with E-state index in [1.54, 1.807) is 18.2 Å². The highest BCUT2D eigenvalue weighted by Gasteiger charge is 2.38. The average molecular weight is 504 g/mol. The fourth-order valence-corrected chi connectivity index (χ4v) is 4.41. The van der Waals surface area contributed by atoms with Crippen molar-refractivity contribution in [2.24, 2.45) is 0 Å². The monoisotopic (exact) mass is 503 g/mol. The van der Waals surface area contributed by atoms with E-state index >= 15 is 0 Å². The quantitative estimate of drug-likeness (QED) is 0.357. The Hall–Kier alpha value is -2.52. The summed E-state index contributed by atoms with van der Waals surface area (Å²) in [5, 5.41) is 27.0. The van der Waals surface area contributed by atoms with Crippen LogP contribution in [0.15, 0.2) is 54.2 Å². The molecule has 2 aromatic carbocycles. The molecule has 3 atom stereocenters. The fourth-order valence-electron chi connectivity index (χ4n) is 3.95. The average Bonchev–Trinajstić information content (AvgIpc) is 3.35. The van der Waals surface area contributed by atoms with Gasteiger partial charge in [-0.25, -0.2) is 0 Å². The maximum absolute atomic E-state index is 12.9. The van der Waals surface area contributed by atoms with Crippen molar-refractivity contribution >= 4 is 40.9 Å². The lowest BCUT2D eigenvalue weighted by Gasteiger charge is -2.28. The summed E-state index contributed by atoms with van der Waals surface area (Å²) in [6.45, 7) is 2.49. The molecule has 9 heteroatoms. The van der Waals surface area contributed by atoms with Crippen LogP contribution >= 0.6 is 24.2 Å². The third kappa shape index (κ3) is 6.13. The number of benzene rings is 2. The van der Waals surface area contributed by atoms with E-state index < -0.39 is 24.0 Å². The molecule has 0 saturated carbocycles. The SMILES string of the molecule is CN/C(C)=C(\S)c1ccc(CNC(=O)[C@H](O)[C@@H](O)C(=O)N2CCCC2c2cccc(Cl)c2)cc1. The summed E-state index contributed by atoms with van der Waals surface area (Å²) in [5.41, 5.74) is 3.51. The van der Waals surface area contributed by atoms with Crippen LogP contribution in [0.1, 0.15) is 42.5 Å². The molecule has 1 heterocycles. The first-order valence-electron chi connectivity index (χ1n) is 11.1. The minimum Gasteiger partial charge on any atom is -0.391 e. The van der Waals surface area contributed by atoms with Crippen LogP contribution in [0, 0.1) is 0 Å². The first kappa shape index (κ1) is 26.1. The smallest absolute Gasteiger partial charge is 0.255 e. The second-order valence-corrected chi connectivity index (χ2v) is 9.16. The number of hydrogen-bond acceptors (Lipinski definition) is 6. The molecule has 1 fully saturated rings. The van der Waals surface area contributed by atoms with Crippen LogP contribution in [0.5, 0.6) is 0 Å². The summed E-state index contributed by atoms with van der Waals surface area (Å²) < 4.78 is 0. The summed E-state index contributed by atoms with van der Waals surface area (Å²) >= 11 is 10.6. The normalized spacial score (nSPS) is 18.2. The van der Waals surface area contributed by atoms with Gasteiger partial charge in [0.25, 0.3) is 11.8 Å². The van der Waals surface area contributed by atoms with Crippen LogP contribution < -0.4 is 10.6 Å². The van der Waals surface area contributed by atoms with Crippen molar-refractivity contribution in [3.8, 4) is 0 Å². The molecule has 34 heavy (non-hydrogen) atoms. The van der Waals surface area contributed by atoms with Gasteiger partial charge in [-0.1, -0.05) is 48.0 Å². The molecule has 4 N–H and O–H groups in total. The molecular formula is C25H30ClN3O4S. The van der Waals surface area contributed by atoms with E-state index in [1.807, 2.05) is 44.3 Å². The van der Waals surface area contributed by atoms with Crippen LogP contribution in [0.2, 0.25) is 5.02 Å². The molecule has 0 aromatic heterocycles. The molecule has 2 aromatic rings. The van der Waals surface area contributed by atoms with Gasteiger partial charge in [-0.15, -0.1) is 12.6 Å². The van der Waals surface area contributed by atoms with E-state index in [0.717, 1.165) is 33.7 Å². The van der Waals surface area contributed by atoms with Crippen molar-refractivity contribution in [3.05, 3.63) is 75.9 Å². The van der Waals surface area contributed by atoms with Gasteiger partial charge in [-0.05, 0) is 48.6 Å². The molecule has 0 spiro atoms. The number of allylic oxidation sites excluding steroid dienone is 1. The number of likely N-dealkylation sites (tertiary alicyclic amines) is 1. The first-order chi connectivity index (χ1) is 16.2. The zero-order valence-corrected chi connectivity index (χ0v) is 20.8. The zero-order valence-electron chi connectivity index (χ0n) is 19.2. The number of hydrogen-bond donors (Lipinski definition) is 5. The van der Waals surface area contributed by atoms with Gasteiger partial charge in [-0.3, -0.25) is 9.59 Å². The number of halogens is 1. The molecule has 1 unspecified atom stereocenters. The second kappa shape index (κ2) is 11.8. The van der Waals surface area contributed by atoms with Crippen molar-refractivity contribution < 1.29 is 19.8 Å². The number of amides is 2. The molecule has 0 radical (unpaired) electrons. The molecule has 2 amide bonds. The Kier molecular flexibility index (Phi) is 9.02. The van der Waals surface area contributed by atoms with E-state index in [4.69, 9.17) is 11.6 Å². The van der Waals surface area contributed by atoms with Gasteiger partial charge < -0.3 is 25.7 Å². The van der Waals surface area contributed by atoms with Crippen LogP contribution in [0.3, 0.4) is 0 Å². The third-order valence-corrected chi connectivity index (χ3v) is 6.84. The van der Waals surface area contributed by atoms with Gasteiger partial charge in [0.1, 0.15) is 0 Å². The molecule has 0 aliphatic carbocycles. The molecule has 0 bridgehead atoms. The predicted molar refractivity (Wildman–Crippen MR) is 136 cm³/mol. The maximum atomic E-state index is 12.9. The number of carbonyl (C=O) groups is 2. The van der Waals surface area contributed by atoms with Crippen molar-refractivity contribution in [1.29, 1.82) is 0 Å². The standard InChI is InChI=1S/C25H30ClN3O4S/c1-15(27-2)23(34)17-10-8-16(9-11-17)14-28-24(32)21(30)22(31)25(33)29-12-4-7-20(29)18-5-3-6-19(26)13-18/h3,5-6,8-11,13,20-22,27,30-31,34H,4,7,12,14H2,1-2H3,(H,28,32)/b23-15-/t20?,21-,22-/m1/s1. The van der Waals surface area contributed by atoms with E-state index in [0.29, 0.717) is 18.0 Å². The molecular weight excluding hydrogens is 474 g/mol. The lowest BCUT2D eigenvalue weighted by atomic mass is 10.0. The topological polar surface area (TPSA) is 102 Å². The lowest BCUT2D eigenvalue weighted by molar-refractivity contribution is -0.153. The summed E-state index contributed by atoms with van der Waals surface area (Å²) in [5.74, 6) is -1.49. The van der Waals surface area contributed by atoms with E-state index in [-0.39, 0.29) is 12.6 Å². The number of thiol groups is 1. The van der Waals surface area contributed by atoms with E-state index in [2.05, 4.69) is 23.3 Å². The molecule has 182 valence electrons.